The molecule has 11 heavy (non-hydrogen) atoms. The van der Waals surface area contributed by atoms with Gasteiger partial charge in [0.2, 0.25) is 0 Å². The fourth-order valence-electron chi connectivity index (χ4n) is 0.701. The van der Waals surface area contributed by atoms with Gasteiger partial charge < -0.3 is 10.5 Å². The number of halogens is 2. The third kappa shape index (κ3) is 1.90. The number of hydrogen-bond acceptors (Lipinski definition) is 2. The average molecular weight is 283 g/mol. The van der Waals surface area contributed by atoms with Crippen LogP contribution in [0, 0.1) is 3.57 Å². The SMILES string of the molecule is COc1cc(N)c(I)cc1Cl. The molecule has 60 valence electrons. The third-order valence-corrected chi connectivity index (χ3v) is 2.50. The van der Waals surface area contributed by atoms with Crippen LogP contribution < -0.4 is 10.5 Å². The first-order valence-electron chi connectivity index (χ1n) is 2.93. The summed E-state index contributed by atoms with van der Waals surface area (Å²) >= 11 is 7.93. The van der Waals surface area contributed by atoms with Crippen LogP contribution in [-0.2, 0) is 0 Å². The summed E-state index contributed by atoms with van der Waals surface area (Å²) in [5, 5.41) is 0.589. The van der Waals surface area contributed by atoms with Gasteiger partial charge in [-0.1, -0.05) is 11.6 Å². The van der Waals surface area contributed by atoms with Gasteiger partial charge in [0, 0.05) is 15.3 Å². The smallest absolute Gasteiger partial charge is 0.139 e. The summed E-state index contributed by atoms with van der Waals surface area (Å²) in [4.78, 5) is 0. The Hall–Kier alpha value is -0.160. The number of nitrogens with two attached hydrogens (primary N) is 1. The molecule has 0 amide bonds. The maximum Gasteiger partial charge on any atom is 0.139 e. The highest BCUT2D eigenvalue weighted by Crippen LogP contribution is 2.29. The summed E-state index contributed by atoms with van der Waals surface area (Å²) in [5.74, 6) is 0.615. The highest BCUT2D eigenvalue weighted by atomic mass is 127. The molecule has 0 heterocycles. The maximum atomic E-state index is 5.82. The molecule has 1 aromatic carbocycles. The zero-order valence-corrected chi connectivity index (χ0v) is 8.81. The molecule has 0 aliphatic rings. The van der Waals surface area contributed by atoms with Crippen LogP contribution in [-0.4, -0.2) is 7.11 Å². The molecule has 0 unspecified atom stereocenters. The molecule has 0 aliphatic heterocycles. The van der Waals surface area contributed by atoms with Crippen LogP contribution in [0.2, 0.25) is 5.02 Å². The molecule has 2 nitrogen and oxygen atoms in total. The highest BCUT2D eigenvalue weighted by Gasteiger charge is 2.03. The summed E-state index contributed by atoms with van der Waals surface area (Å²) in [7, 11) is 1.56. The minimum atomic E-state index is 0.589. The molecular weight excluding hydrogens is 276 g/mol. The molecule has 0 saturated carbocycles. The standard InChI is InChI=1S/C7H7ClINO/c1-11-7-3-6(10)5(9)2-4(7)8/h2-3H,10H2,1H3. The molecule has 0 radical (unpaired) electrons. The number of benzene rings is 1. The zero-order valence-electron chi connectivity index (χ0n) is 5.90. The van der Waals surface area contributed by atoms with Crippen molar-refractivity contribution in [2.75, 3.05) is 12.8 Å². The lowest BCUT2D eigenvalue weighted by Gasteiger charge is -2.04. The van der Waals surface area contributed by atoms with Crippen molar-refractivity contribution in [3.8, 4) is 5.75 Å². The number of methoxy groups -OCH3 is 1. The predicted molar refractivity (Wildman–Crippen MR) is 55.1 cm³/mol. The Labute approximate surface area is 83.8 Å². The van der Waals surface area contributed by atoms with Gasteiger partial charge in [-0.05, 0) is 28.7 Å². The molecule has 0 aliphatic carbocycles. The molecule has 0 fully saturated rings. The minimum Gasteiger partial charge on any atom is -0.495 e. The van der Waals surface area contributed by atoms with Gasteiger partial charge in [-0.2, -0.15) is 0 Å². The van der Waals surface area contributed by atoms with E-state index in [1.165, 1.54) is 0 Å². The molecular formula is C7H7ClINO. The predicted octanol–water partition coefficient (Wildman–Crippen LogP) is 2.54. The molecule has 1 rings (SSSR count). The fourth-order valence-corrected chi connectivity index (χ4v) is 1.59. The summed E-state index contributed by atoms with van der Waals surface area (Å²) < 4.78 is 5.90. The lowest BCUT2D eigenvalue weighted by Crippen LogP contribution is -1.91. The lowest BCUT2D eigenvalue weighted by molar-refractivity contribution is 0.415. The zero-order chi connectivity index (χ0) is 8.43. The van der Waals surface area contributed by atoms with Gasteiger partial charge in [0.25, 0.3) is 0 Å². The second-order valence-electron chi connectivity index (χ2n) is 2.01. The van der Waals surface area contributed by atoms with E-state index in [0.29, 0.717) is 16.5 Å². The first kappa shape index (κ1) is 8.93. The van der Waals surface area contributed by atoms with Crippen LogP contribution in [0.25, 0.3) is 0 Å². The summed E-state index contributed by atoms with van der Waals surface area (Å²) in [6.07, 6.45) is 0. The largest absolute Gasteiger partial charge is 0.495 e. The monoisotopic (exact) mass is 283 g/mol. The van der Waals surface area contributed by atoms with Gasteiger partial charge in [-0.25, -0.2) is 0 Å². The van der Waals surface area contributed by atoms with Crippen LogP contribution >= 0.6 is 34.2 Å². The normalized spacial score (nSPS) is 9.73. The quantitative estimate of drug-likeness (QED) is 0.635. The molecule has 0 bridgehead atoms. The molecule has 0 atom stereocenters. The fraction of sp³-hybridized carbons (Fsp3) is 0.143. The van der Waals surface area contributed by atoms with Crippen molar-refractivity contribution < 1.29 is 4.74 Å². The summed E-state index contributed by atoms with van der Waals surface area (Å²) in [6.45, 7) is 0. The van der Waals surface area contributed by atoms with E-state index in [2.05, 4.69) is 22.6 Å². The Morgan fingerprint density at radius 2 is 2.18 bits per heavy atom. The summed E-state index contributed by atoms with van der Waals surface area (Å²) in [5.41, 5.74) is 6.31. The van der Waals surface area contributed by atoms with E-state index in [-0.39, 0.29) is 0 Å². The van der Waals surface area contributed by atoms with Crippen molar-refractivity contribution in [3.63, 3.8) is 0 Å². The molecule has 4 heteroatoms. The number of ether oxygens (including phenoxy) is 1. The van der Waals surface area contributed by atoms with Gasteiger partial charge in [0.05, 0.1) is 12.1 Å². The minimum absolute atomic E-state index is 0.589. The molecule has 0 aromatic heterocycles. The Morgan fingerprint density at radius 1 is 1.55 bits per heavy atom. The second kappa shape index (κ2) is 3.49. The highest BCUT2D eigenvalue weighted by molar-refractivity contribution is 14.1. The third-order valence-electron chi connectivity index (χ3n) is 1.27. The van der Waals surface area contributed by atoms with E-state index in [0.717, 1.165) is 3.57 Å². The first-order valence-corrected chi connectivity index (χ1v) is 4.39. The van der Waals surface area contributed by atoms with E-state index < -0.39 is 0 Å². The number of rotatable bonds is 1. The van der Waals surface area contributed by atoms with Crippen molar-refractivity contribution >= 4 is 39.9 Å². The van der Waals surface area contributed by atoms with Gasteiger partial charge in [-0.3, -0.25) is 0 Å². The van der Waals surface area contributed by atoms with Crippen LogP contribution in [0.3, 0.4) is 0 Å². The van der Waals surface area contributed by atoms with E-state index in [9.17, 15) is 0 Å². The molecule has 0 saturated heterocycles. The first-order chi connectivity index (χ1) is 5.15. The van der Waals surface area contributed by atoms with Crippen LogP contribution in [0.1, 0.15) is 0 Å². The van der Waals surface area contributed by atoms with Gasteiger partial charge in [-0.15, -0.1) is 0 Å². The van der Waals surface area contributed by atoms with Gasteiger partial charge >= 0.3 is 0 Å². The van der Waals surface area contributed by atoms with Gasteiger partial charge in [0.1, 0.15) is 5.75 Å². The van der Waals surface area contributed by atoms with Crippen molar-refractivity contribution in [2.45, 2.75) is 0 Å². The lowest BCUT2D eigenvalue weighted by atomic mass is 10.3. The van der Waals surface area contributed by atoms with Crippen molar-refractivity contribution in [2.24, 2.45) is 0 Å². The Morgan fingerprint density at radius 3 is 2.73 bits per heavy atom. The second-order valence-corrected chi connectivity index (χ2v) is 3.58. The molecule has 1 aromatic rings. The van der Waals surface area contributed by atoms with E-state index in [4.69, 9.17) is 22.1 Å². The number of nitrogen functional groups attached to an aromatic ring is 1. The van der Waals surface area contributed by atoms with Crippen LogP contribution in [0.15, 0.2) is 12.1 Å². The number of anilines is 1. The Bertz CT molecular complexity index is 277. The van der Waals surface area contributed by atoms with E-state index >= 15 is 0 Å². The average Bonchev–Trinajstić information content (AvgIpc) is 1.97. The maximum absolute atomic E-state index is 5.82. The van der Waals surface area contributed by atoms with E-state index in [1.807, 2.05) is 0 Å². The van der Waals surface area contributed by atoms with E-state index in [1.54, 1.807) is 19.2 Å². The molecule has 2 N–H and O–H groups in total. The summed E-state index contributed by atoms with van der Waals surface area (Å²) in [6, 6.07) is 3.49. The van der Waals surface area contributed by atoms with Crippen LogP contribution in [0.5, 0.6) is 5.75 Å². The Kier molecular flexibility index (Phi) is 2.84. The van der Waals surface area contributed by atoms with Crippen molar-refractivity contribution in [3.05, 3.63) is 20.7 Å². The topological polar surface area (TPSA) is 35.2 Å². The number of hydrogen-bond donors (Lipinski definition) is 1. The Balaban J connectivity index is 3.21. The molecule has 0 spiro atoms. The van der Waals surface area contributed by atoms with Crippen molar-refractivity contribution in [1.29, 1.82) is 0 Å². The van der Waals surface area contributed by atoms with Gasteiger partial charge in [0.15, 0.2) is 0 Å². The van der Waals surface area contributed by atoms with Crippen LogP contribution in [0.4, 0.5) is 5.69 Å². The van der Waals surface area contributed by atoms with Crippen molar-refractivity contribution in [1.82, 2.24) is 0 Å².